The zero-order valence-corrected chi connectivity index (χ0v) is 19.3. The fraction of sp³-hybridized carbons (Fsp3) is 0.300. The lowest BCUT2D eigenvalue weighted by Gasteiger charge is -2.16. The van der Waals surface area contributed by atoms with Crippen LogP contribution in [0.25, 0.3) is 0 Å². The molecule has 2 aromatic carbocycles. The summed E-state index contributed by atoms with van der Waals surface area (Å²) in [7, 11) is 1.67. The SMILES string of the molecule is CCN(C)C(=O)c1cc(NC(=O)C2C(c3cc(Cl)cc(Cl)c3)C2(Cl)Cl)ccc1Cl. The molecule has 0 aromatic heterocycles. The number of rotatable bonds is 5. The lowest BCUT2D eigenvalue weighted by Crippen LogP contribution is -2.26. The number of carbonyl (C=O) groups is 2. The van der Waals surface area contributed by atoms with Gasteiger partial charge in [0.1, 0.15) is 4.33 Å². The van der Waals surface area contributed by atoms with E-state index in [0.29, 0.717) is 38.4 Å². The fourth-order valence-corrected chi connectivity index (χ4v) is 4.73. The van der Waals surface area contributed by atoms with Crippen LogP contribution in [-0.4, -0.2) is 34.6 Å². The Morgan fingerprint density at radius 1 is 1.07 bits per heavy atom. The molecule has 0 radical (unpaired) electrons. The monoisotopic (exact) mass is 492 g/mol. The van der Waals surface area contributed by atoms with Gasteiger partial charge < -0.3 is 10.2 Å². The highest BCUT2D eigenvalue weighted by Crippen LogP contribution is 2.65. The largest absolute Gasteiger partial charge is 0.342 e. The highest BCUT2D eigenvalue weighted by atomic mass is 35.5. The molecule has 2 amide bonds. The maximum atomic E-state index is 12.8. The lowest BCUT2D eigenvalue weighted by atomic mass is 10.1. The van der Waals surface area contributed by atoms with Gasteiger partial charge in [0.2, 0.25) is 5.91 Å². The average molecular weight is 495 g/mol. The normalized spacial score (nSPS) is 19.6. The third-order valence-corrected chi connectivity index (χ3v) is 6.57. The highest BCUT2D eigenvalue weighted by Gasteiger charge is 2.67. The van der Waals surface area contributed by atoms with Crippen LogP contribution in [-0.2, 0) is 4.79 Å². The fourth-order valence-electron chi connectivity index (χ4n) is 3.16. The second-order valence-corrected chi connectivity index (χ2v) is 9.56. The first kappa shape index (κ1) is 22.5. The zero-order chi connectivity index (χ0) is 21.5. The van der Waals surface area contributed by atoms with Crippen molar-refractivity contribution in [2.45, 2.75) is 17.2 Å². The number of hydrogen-bond acceptors (Lipinski definition) is 2. The van der Waals surface area contributed by atoms with Crippen LogP contribution in [0.3, 0.4) is 0 Å². The first-order valence-corrected chi connectivity index (χ1v) is 10.6. The van der Waals surface area contributed by atoms with Gasteiger partial charge in [0.15, 0.2) is 0 Å². The maximum Gasteiger partial charge on any atom is 0.255 e. The summed E-state index contributed by atoms with van der Waals surface area (Å²) >= 11 is 31.0. The molecule has 0 aliphatic heterocycles. The number of amides is 2. The molecule has 3 rings (SSSR count). The molecule has 0 saturated heterocycles. The Bertz CT molecular complexity index is 959. The van der Waals surface area contributed by atoms with E-state index in [1.807, 2.05) is 6.92 Å². The summed E-state index contributed by atoms with van der Waals surface area (Å²) in [5.41, 5.74) is 1.40. The van der Waals surface area contributed by atoms with Crippen molar-refractivity contribution in [1.82, 2.24) is 4.90 Å². The van der Waals surface area contributed by atoms with Crippen LogP contribution in [0.5, 0.6) is 0 Å². The molecule has 0 bridgehead atoms. The quantitative estimate of drug-likeness (QED) is 0.499. The molecule has 0 spiro atoms. The van der Waals surface area contributed by atoms with Crippen LogP contribution in [0.15, 0.2) is 36.4 Å². The lowest BCUT2D eigenvalue weighted by molar-refractivity contribution is -0.117. The molecular weight excluding hydrogens is 477 g/mol. The van der Waals surface area contributed by atoms with Crippen molar-refractivity contribution in [2.75, 3.05) is 18.9 Å². The third-order valence-electron chi connectivity index (χ3n) is 4.87. The van der Waals surface area contributed by atoms with E-state index in [4.69, 9.17) is 58.0 Å². The summed E-state index contributed by atoms with van der Waals surface area (Å²) < 4.78 is -1.29. The number of alkyl halides is 2. The van der Waals surface area contributed by atoms with Crippen molar-refractivity contribution in [3.05, 3.63) is 62.6 Å². The van der Waals surface area contributed by atoms with E-state index in [-0.39, 0.29) is 11.8 Å². The molecule has 2 unspecified atom stereocenters. The third kappa shape index (κ3) is 4.62. The molecule has 1 N–H and O–H groups in total. The smallest absolute Gasteiger partial charge is 0.255 e. The van der Waals surface area contributed by atoms with Gasteiger partial charge in [0.05, 0.1) is 16.5 Å². The summed E-state index contributed by atoms with van der Waals surface area (Å²) in [6.45, 7) is 2.38. The molecule has 9 heteroatoms. The van der Waals surface area contributed by atoms with Gasteiger partial charge in [-0.15, -0.1) is 23.2 Å². The number of halogens is 5. The van der Waals surface area contributed by atoms with Crippen molar-refractivity contribution in [3.8, 4) is 0 Å². The topological polar surface area (TPSA) is 49.4 Å². The predicted molar refractivity (Wildman–Crippen MR) is 120 cm³/mol. The Morgan fingerprint density at radius 3 is 2.28 bits per heavy atom. The van der Waals surface area contributed by atoms with Crippen molar-refractivity contribution in [1.29, 1.82) is 0 Å². The number of nitrogens with one attached hydrogen (secondary N) is 1. The van der Waals surface area contributed by atoms with E-state index in [1.54, 1.807) is 37.4 Å². The predicted octanol–water partition coefficient (Wildman–Crippen LogP) is 6.26. The Morgan fingerprint density at radius 2 is 1.69 bits per heavy atom. The Balaban J connectivity index is 1.81. The van der Waals surface area contributed by atoms with Gasteiger partial charge in [-0.3, -0.25) is 9.59 Å². The van der Waals surface area contributed by atoms with Gasteiger partial charge >= 0.3 is 0 Å². The summed E-state index contributed by atoms with van der Waals surface area (Å²) in [5.74, 6) is -1.77. The van der Waals surface area contributed by atoms with Crippen molar-refractivity contribution < 1.29 is 9.59 Å². The number of benzene rings is 2. The van der Waals surface area contributed by atoms with Crippen LogP contribution in [0.1, 0.15) is 28.8 Å². The zero-order valence-electron chi connectivity index (χ0n) is 15.5. The van der Waals surface area contributed by atoms with Crippen LogP contribution < -0.4 is 5.32 Å². The van der Waals surface area contributed by atoms with E-state index < -0.39 is 16.2 Å². The second-order valence-electron chi connectivity index (χ2n) is 6.84. The Labute approximate surface area is 194 Å². The molecule has 1 saturated carbocycles. The molecule has 0 heterocycles. The Hall–Kier alpha value is -1.17. The molecule has 2 aromatic rings. The van der Waals surface area contributed by atoms with Crippen LogP contribution >= 0.6 is 58.0 Å². The average Bonchev–Trinajstić information content (AvgIpc) is 3.23. The maximum absolute atomic E-state index is 12.8. The van der Waals surface area contributed by atoms with Gasteiger partial charge in [0, 0.05) is 35.2 Å². The number of anilines is 1. The molecule has 29 heavy (non-hydrogen) atoms. The standard InChI is InChI=1S/C20H17Cl5N2O2/c1-3-27(2)19(29)14-9-13(4-5-15(14)23)26-18(28)17-16(20(17,24)25)10-6-11(21)8-12(22)7-10/h4-9,16-17H,3H2,1-2H3,(H,26,28). The van der Waals surface area contributed by atoms with Gasteiger partial charge in [-0.05, 0) is 48.9 Å². The van der Waals surface area contributed by atoms with Gasteiger partial charge in [-0.1, -0.05) is 34.8 Å². The van der Waals surface area contributed by atoms with Gasteiger partial charge in [0.25, 0.3) is 5.91 Å². The van der Waals surface area contributed by atoms with Crippen LogP contribution in [0.4, 0.5) is 5.69 Å². The summed E-state index contributed by atoms with van der Waals surface area (Å²) in [6, 6.07) is 9.67. The summed E-state index contributed by atoms with van der Waals surface area (Å²) in [6.07, 6.45) is 0. The van der Waals surface area contributed by atoms with E-state index in [1.165, 1.54) is 11.0 Å². The molecule has 4 nitrogen and oxygen atoms in total. The van der Waals surface area contributed by atoms with E-state index in [2.05, 4.69) is 5.32 Å². The highest BCUT2D eigenvalue weighted by molar-refractivity contribution is 6.53. The molecule has 1 aliphatic rings. The first-order valence-electron chi connectivity index (χ1n) is 8.76. The molecule has 154 valence electrons. The molecule has 1 aliphatic carbocycles. The van der Waals surface area contributed by atoms with Gasteiger partial charge in [-0.2, -0.15) is 0 Å². The van der Waals surface area contributed by atoms with Gasteiger partial charge in [-0.25, -0.2) is 0 Å². The minimum atomic E-state index is -1.29. The van der Waals surface area contributed by atoms with Crippen molar-refractivity contribution in [3.63, 3.8) is 0 Å². The number of hydrogen-bond donors (Lipinski definition) is 1. The Kier molecular flexibility index (Phi) is 6.62. The van der Waals surface area contributed by atoms with Crippen LogP contribution in [0, 0.1) is 5.92 Å². The van der Waals surface area contributed by atoms with E-state index in [0.717, 1.165) is 0 Å². The molecule has 1 fully saturated rings. The first-order chi connectivity index (χ1) is 13.6. The summed E-state index contributed by atoms with van der Waals surface area (Å²) in [4.78, 5) is 26.8. The summed E-state index contributed by atoms with van der Waals surface area (Å²) in [5, 5.41) is 3.93. The minimum absolute atomic E-state index is 0.240. The van der Waals surface area contributed by atoms with Crippen LogP contribution in [0.2, 0.25) is 15.1 Å². The van der Waals surface area contributed by atoms with E-state index in [9.17, 15) is 9.59 Å². The molecular formula is C20H17Cl5N2O2. The minimum Gasteiger partial charge on any atom is -0.342 e. The van der Waals surface area contributed by atoms with Crippen molar-refractivity contribution >= 4 is 75.5 Å². The van der Waals surface area contributed by atoms with Crippen molar-refractivity contribution in [2.24, 2.45) is 5.92 Å². The molecule has 2 atom stereocenters. The second kappa shape index (κ2) is 8.52. The van der Waals surface area contributed by atoms with E-state index >= 15 is 0 Å². The number of nitrogens with zero attached hydrogens (tertiary/aromatic N) is 1. The number of carbonyl (C=O) groups excluding carboxylic acids is 2.